The largest absolute Gasteiger partial charge is 0.490 e. The quantitative estimate of drug-likeness (QED) is 0.937. The number of hydrogen-bond donors (Lipinski definition) is 1. The second-order valence-corrected chi connectivity index (χ2v) is 7.36. The first-order valence-corrected chi connectivity index (χ1v) is 8.93. The molecule has 112 valence electrons. The summed E-state index contributed by atoms with van der Waals surface area (Å²) in [5, 5.41) is 1.91. The van der Waals surface area contributed by atoms with Gasteiger partial charge in [0.25, 0.3) is 0 Å². The second-order valence-electron chi connectivity index (χ2n) is 4.56. The van der Waals surface area contributed by atoms with Gasteiger partial charge < -0.3 is 9.47 Å². The van der Waals surface area contributed by atoms with Crippen LogP contribution in [0.4, 0.5) is 0 Å². The Kier molecular flexibility index (Phi) is 4.14. The van der Waals surface area contributed by atoms with E-state index in [2.05, 4.69) is 4.72 Å². The highest BCUT2D eigenvalue weighted by atomic mass is 32.2. The fraction of sp³-hybridized carbons (Fsp3) is 0.286. The fourth-order valence-corrected chi connectivity index (χ4v) is 3.73. The van der Waals surface area contributed by atoms with Crippen LogP contribution in [0.2, 0.25) is 0 Å². The van der Waals surface area contributed by atoms with E-state index in [0.717, 1.165) is 11.3 Å². The minimum Gasteiger partial charge on any atom is -0.490 e. The van der Waals surface area contributed by atoms with Gasteiger partial charge in [0.1, 0.15) is 0 Å². The molecule has 1 aromatic heterocycles. The van der Waals surface area contributed by atoms with E-state index in [0.29, 0.717) is 24.7 Å². The number of sulfonamides is 1. The van der Waals surface area contributed by atoms with E-state index >= 15 is 0 Å². The number of thiophene rings is 1. The van der Waals surface area contributed by atoms with Crippen LogP contribution in [0.5, 0.6) is 11.5 Å². The van der Waals surface area contributed by atoms with Crippen molar-refractivity contribution in [2.75, 3.05) is 13.2 Å². The maximum atomic E-state index is 12.3. The zero-order chi connectivity index (χ0) is 14.7. The molecule has 0 radical (unpaired) electrons. The Balaban J connectivity index is 1.80. The summed E-state index contributed by atoms with van der Waals surface area (Å²) in [4.78, 5) is 1.15. The van der Waals surface area contributed by atoms with Crippen LogP contribution in [0, 0.1) is 0 Å². The van der Waals surface area contributed by atoms with E-state index in [4.69, 9.17) is 9.47 Å². The van der Waals surface area contributed by atoms with Crippen LogP contribution in [-0.4, -0.2) is 21.6 Å². The molecule has 0 bridgehead atoms. The third-order valence-electron chi connectivity index (χ3n) is 3.05. The predicted molar refractivity (Wildman–Crippen MR) is 80.4 cm³/mol. The smallest absolute Gasteiger partial charge is 0.241 e. The number of hydrogen-bond acceptors (Lipinski definition) is 5. The summed E-state index contributed by atoms with van der Waals surface area (Å²) in [7, 11) is -3.56. The zero-order valence-electron chi connectivity index (χ0n) is 11.2. The van der Waals surface area contributed by atoms with Crippen LogP contribution in [0.15, 0.2) is 40.6 Å². The Morgan fingerprint density at radius 1 is 1.14 bits per heavy atom. The first-order valence-electron chi connectivity index (χ1n) is 6.57. The Hall–Kier alpha value is -1.57. The van der Waals surface area contributed by atoms with Gasteiger partial charge in [0.05, 0.1) is 18.1 Å². The molecule has 0 fully saturated rings. The molecule has 5 nitrogen and oxygen atoms in total. The molecular formula is C14H15NO4S2. The highest BCUT2D eigenvalue weighted by molar-refractivity contribution is 7.89. The Bertz CT molecular complexity index is 711. The minimum absolute atomic E-state index is 0.184. The average Bonchev–Trinajstić information content (AvgIpc) is 2.89. The average molecular weight is 325 g/mol. The van der Waals surface area contributed by atoms with Gasteiger partial charge in [-0.3, -0.25) is 0 Å². The van der Waals surface area contributed by atoms with Crippen molar-refractivity contribution in [2.45, 2.75) is 17.9 Å². The lowest BCUT2D eigenvalue weighted by Crippen LogP contribution is -2.22. The van der Waals surface area contributed by atoms with Gasteiger partial charge >= 0.3 is 0 Å². The molecular weight excluding hydrogens is 310 g/mol. The second kappa shape index (κ2) is 6.05. The first kappa shape index (κ1) is 14.4. The third-order valence-corrected chi connectivity index (χ3v) is 5.32. The SMILES string of the molecule is O=S(=O)(NCc1cccs1)c1ccc2c(c1)OCCCO2. The molecule has 0 saturated heterocycles. The Labute approximate surface area is 127 Å². The Morgan fingerprint density at radius 2 is 1.95 bits per heavy atom. The van der Waals surface area contributed by atoms with Crippen LogP contribution in [0.25, 0.3) is 0 Å². The molecule has 0 atom stereocenters. The van der Waals surface area contributed by atoms with E-state index < -0.39 is 10.0 Å². The molecule has 0 saturated carbocycles. The van der Waals surface area contributed by atoms with Crippen molar-refractivity contribution in [1.82, 2.24) is 4.72 Å². The van der Waals surface area contributed by atoms with Gasteiger partial charge in [0.15, 0.2) is 11.5 Å². The van der Waals surface area contributed by atoms with Crippen LogP contribution in [-0.2, 0) is 16.6 Å². The van der Waals surface area contributed by atoms with Gasteiger partial charge in [-0.2, -0.15) is 0 Å². The highest BCUT2D eigenvalue weighted by Crippen LogP contribution is 2.31. The first-order chi connectivity index (χ1) is 10.1. The van der Waals surface area contributed by atoms with Crippen LogP contribution < -0.4 is 14.2 Å². The van der Waals surface area contributed by atoms with Crippen molar-refractivity contribution in [3.8, 4) is 11.5 Å². The van der Waals surface area contributed by atoms with E-state index in [1.807, 2.05) is 17.5 Å². The van der Waals surface area contributed by atoms with Gasteiger partial charge in [-0.25, -0.2) is 13.1 Å². The molecule has 3 rings (SSSR count). The number of nitrogens with one attached hydrogen (secondary N) is 1. The molecule has 21 heavy (non-hydrogen) atoms. The molecule has 2 aromatic rings. The van der Waals surface area contributed by atoms with Crippen molar-refractivity contribution in [3.05, 3.63) is 40.6 Å². The van der Waals surface area contributed by atoms with Gasteiger partial charge in [0, 0.05) is 23.9 Å². The van der Waals surface area contributed by atoms with E-state index in [-0.39, 0.29) is 11.4 Å². The van der Waals surface area contributed by atoms with Crippen LogP contribution >= 0.6 is 11.3 Å². The molecule has 0 aliphatic carbocycles. The maximum Gasteiger partial charge on any atom is 0.241 e. The highest BCUT2D eigenvalue weighted by Gasteiger charge is 2.18. The van der Waals surface area contributed by atoms with Gasteiger partial charge in [-0.15, -0.1) is 11.3 Å². The molecule has 1 aliphatic heterocycles. The van der Waals surface area contributed by atoms with Crippen molar-refractivity contribution >= 4 is 21.4 Å². The van der Waals surface area contributed by atoms with Gasteiger partial charge in [-0.1, -0.05) is 6.07 Å². The summed E-state index contributed by atoms with van der Waals surface area (Å²) in [6, 6.07) is 8.46. The van der Waals surface area contributed by atoms with Crippen LogP contribution in [0.1, 0.15) is 11.3 Å². The van der Waals surface area contributed by atoms with Crippen molar-refractivity contribution in [1.29, 1.82) is 0 Å². The normalized spacial score (nSPS) is 14.7. The number of rotatable bonds is 4. The summed E-state index contributed by atoms with van der Waals surface area (Å²) < 4.78 is 38.2. The topological polar surface area (TPSA) is 64.6 Å². The predicted octanol–water partition coefficient (Wildman–Crippen LogP) is 2.39. The van der Waals surface area contributed by atoms with Crippen molar-refractivity contribution in [3.63, 3.8) is 0 Å². The van der Waals surface area contributed by atoms with Crippen molar-refractivity contribution in [2.24, 2.45) is 0 Å². The fourth-order valence-electron chi connectivity index (χ4n) is 1.97. The van der Waals surface area contributed by atoms with E-state index in [1.54, 1.807) is 6.07 Å². The van der Waals surface area contributed by atoms with E-state index in [9.17, 15) is 8.42 Å². The summed E-state index contributed by atoms with van der Waals surface area (Å²) in [5.41, 5.74) is 0. The molecule has 0 unspecified atom stereocenters. The molecule has 0 amide bonds. The molecule has 0 spiro atoms. The minimum atomic E-state index is -3.56. The zero-order valence-corrected chi connectivity index (χ0v) is 12.9. The maximum absolute atomic E-state index is 12.3. The third kappa shape index (κ3) is 3.37. The number of benzene rings is 1. The summed E-state index contributed by atoms with van der Waals surface area (Å²) >= 11 is 1.51. The Morgan fingerprint density at radius 3 is 2.71 bits per heavy atom. The summed E-state index contributed by atoms with van der Waals surface area (Å²) in [6.07, 6.45) is 0.785. The molecule has 1 aliphatic rings. The monoisotopic (exact) mass is 325 g/mol. The standard InChI is InChI=1S/C14H15NO4S2/c16-21(17,15-10-11-3-1-8-20-11)12-4-5-13-14(9-12)19-7-2-6-18-13/h1,3-5,8-9,15H,2,6-7,10H2. The van der Waals surface area contributed by atoms with E-state index in [1.165, 1.54) is 23.5 Å². The van der Waals surface area contributed by atoms with Gasteiger partial charge in [0.2, 0.25) is 10.0 Å². The van der Waals surface area contributed by atoms with Gasteiger partial charge in [-0.05, 0) is 23.6 Å². The summed E-state index contributed by atoms with van der Waals surface area (Å²) in [5.74, 6) is 1.07. The van der Waals surface area contributed by atoms with Crippen molar-refractivity contribution < 1.29 is 17.9 Å². The lowest BCUT2D eigenvalue weighted by atomic mass is 10.3. The summed E-state index contributed by atoms with van der Waals surface area (Å²) in [6.45, 7) is 1.39. The molecule has 1 N–H and O–H groups in total. The molecule has 2 heterocycles. The lowest BCUT2D eigenvalue weighted by molar-refractivity contribution is 0.297. The molecule has 1 aromatic carbocycles. The molecule has 7 heteroatoms. The van der Waals surface area contributed by atoms with Crippen LogP contribution in [0.3, 0.4) is 0 Å². The number of fused-ring (bicyclic) bond motifs is 1. The number of ether oxygens (including phenoxy) is 2. The lowest BCUT2D eigenvalue weighted by Gasteiger charge is -2.10.